The molecule has 2 aromatic rings. The molecule has 4 nitrogen and oxygen atoms in total. The molecule has 31 heavy (non-hydrogen) atoms. The number of rotatable bonds is 5. The highest BCUT2D eigenvalue weighted by Crippen LogP contribution is 2.39. The predicted molar refractivity (Wildman–Crippen MR) is 128 cm³/mol. The molecule has 0 fully saturated rings. The highest BCUT2D eigenvalue weighted by Gasteiger charge is 2.17. The number of carboxylic acid groups (broad SMARTS) is 1. The zero-order valence-corrected chi connectivity index (χ0v) is 19.5. The highest BCUT2D eigenvalue weighted by atomic mass is 19.1. The molecule has 0 amide bonds. The van der Waals surface area contributed by atoms with Crippen LogP contribution in [0.25, 0.3) is 17.2 Å². The van der Waals surface area contributed by atoms with Crippen LogP contribution in [-0.2, 0) is 4.79 Å². The van der Waals surface area contributed by atoms with E-state index < -0.39 is 5.97 Å². The molecular weight excluding hydrogens is 395 g/mol. The Morgan fingerprint density at radius 3 is 2.10 bits per heavy atom. The number of benzene rings is 2. The van der Waals surface area contributed by atoms with Crippen molar-refractivity contribution < 1.29 is 24.1 Å². The van der Waals surface area contributed by atoms with Gasteiger partial charge in [-0.05, 0) is 59.2 Å². The largest absolute Gasteiger partial charge is 0.516 e. The van der Waals surface area contributed by atoms with Gasteiger partial charge >= 0.3 is 0 Å². The van der Waals surface area contributed by atoms with Crippen LogP contribution in [0.2, 0.25) is 0 Å². The number of aliphatic hydroxyl groups is 1. The van der Waals surface area contributed by atoms with Crippen LogP contribution in [0.3, 0.4) is 0 Å². The van der Waals surface area contributed by atoms with E-state index in [1.54, 1.807) is 20.1 Å². The minimum Gasteiger partial charge on any atom is -0.516 e. The molecule has 0 radical (unpaired) electrons. The first-order valence-electron chi connectivity index (χ1n) is 10.2. The van der Waals surface area contributed by atoms with E-state index in [4.69, 9.17) is 19.7 Å². The maximum Gasteiger partial charge on any atom is 0.300 e. The normalized spacial score (nSPS) is 10.6. The average molecular weight is 431 g/mol. The zero-order valence-electron chi connectivity index (χ0n) is 19.5. The number of hydrogen-bond donors (Lipinski definition) is 2. The van der Waals surface area contributed by atoms with Crippen LogP contribution in [0, 0.1) is 0 Å². The maximum atomic E-state index is 10.5. The summed E-state index contributed by atoms with van der Waals surface area (Å²) < 4.78 is 16.3. The van der Waals surface area contributed by atoms with E-state index in [0.29, 0.717) is 18.2 Å². The number of halogens is 1. The summed E-state index contributed by atoms with van der Waals surface area (Å²) >= 11 is 0. The Morgan fingerprint density at radius 2 is 1.68 bits per heavy atom. The van der Waals surface area contributed by atoms with Gasteiger partial charge in [-0.1, -0.05) is 58.0 Å². The summed E-state index contributed by atoms with van der Waals surface area (Å²) in [5.41, 5.74) is 5.72. The highest BCUT2D eigenvalue weighted by molar-refractivity contribution is 5.75. The summed E-state index contributed by atoms with van der Waals surface area (Å²) in [4.78, 5) is 9.00. The SMILES string of the molecule is C/C=C/F.CC(=O)O.COc1c(-c2cccc(/C=C\O)c2)cc(C(C)C)cc1C(C)C. The van der Waals surface area contributed by atoms with E-state index in [1.807, 2.05) is 12.1 Å². The second-order valence-electron chi connectivity index (χ2n) is 7.42. The van der Waals surface area contributed by atoms with Crippen molar-refractivity contribution in [3.8, 4) is 16.9 Å². The van der Waals surface area contributed by atoms with Gasteiger partial charge in [-0.15, -0.1) is 0 Å². The van der Waals surface area contributed by atoms with Gasteiger partial charge in [0.15, 0.2) is 0 Å². The predicted octanol–water partition coefficient (Wildman–Crippen LogP) is 7.72. The van der Waals surface area contributed by atoms with Gasteiger partial charge in [0.05, 0.1) is 19.7 Å². The van der Waals surface area contributed by atoms with Gasteiger partial charge in [-0.2, -0.15) is 0 Å². The van der Waals surface area contributed by atoms with Crippen molar-refractivity contribution in [3.05, 3.63) is 71.8 Å². The third-order valence-corrected chi connectivity index (χ3v) is 4.22. The fourth-order valence-corrected chi connectivity index (χ4v) is 2.77. The molecule has 0 aliphatic carbocycles. The number of aliphatic carboxylic acids is 1. The number of methoxy groups -OCH3 is 1. The summed E-state index contributed by atoms with van der Waals surface area (Å²) in [6, 6.07) is 12.6. The topological polar surface area (TPSA) is 66.8 Å². The van der Waals surface area contributed by atoms with Gasteiger partial charge in [0.2, 0.25) is 0 Å². The number of allylic oxidation sites excluding steroid dienone is 1. The zero-order chi connectivity index (χ0) is 24.0. The molecule has 170 valence electrons. The average Bonchev–Trinajstić information content (AvgIpc) is 2.72. The van der Waals surface area contributed by atoms with E-state index >= 15 is 0 Å². The van der Waals surface area contributed by atoms with Crippen LogP contribution in [0.4, 0.5) is 4.39 Å². The molecule has 5 heteroatoms. The minimum atomic E-state index is -0.833. The van der Waals surface area contributed by atoms with E-state index in [2.05, 4.69) is 52.0 Å². The fraction of sp³-hybridized carbons (Fsp3) is 0.346. The van der Waals surface area contributed by atoms with Crippen LogP contribution in [0.5, 0.6) is 5.75 Å². The Labute approximate surface area is 185 Å². The first kappa shape index (κ1) is 27.9. The molecule has 0 heterocycles. The Kier molecular flexibility index (Phi) is 13.4. The van der Waals surface area contributed by atoms with Crippen molar-refractivity contribution in [2.45, 2.75) is 53.4 Å². The molecule has 0 aliphatic rings. The minimum absolute atomic E-state index is 0.392. The third kappa shape index (κ3) is 9.98. The van der Waals surface area contributed by atoms with Crippen LogP contribution >= 0.6 is 0 Å². The van der Waals surface area contributed by atoms with Gasteiger partial charge in [-0.3, -0.25) is 4.79 Å². The summed E-state index contributed by atoms with van der Waals surface area (Å²) in [5, 5.41) is 16.4. The van der Waals surface area contributed by atoms with Crippen LogP contribution < -0.4 is 4.74 Å². The molecule has 0 bridgehead atoms. The molecule has 0 saturated carbocycles. The fourth-order valence-electron chi connectivity index (χ4n) is 2.77. The van der Waals surface area contributed by atoms with E-state index in [9.17, 15) is 4.39 Å². The summed E-state index contributed by atoms with van der Waals surface area (Å²) in [6.07, 6.45) is 4.59. The molecule has 2 aromatic carbocycles. The smallest absolute Gasteiger partial charge is 0.300 e. The lowest BCUT2D eigenvalue weighted by atomic mass is 9.89. The Morgan fingerprint density at radius 1 is 1.10 bits per heavy atom. The summed E-state index contributed by atoms with van der Waals surface area (Å²) in [5.74, 6) is 0.954. The maximum absolute atomic E-state index is 10.5. The van der Waals surface area contributed by atoms with Crippen molar-refractivity contribution in [2.75, 3.05) is 7.11 Å². The van der Waals surface area contributed by atoms with Crippen LogP contribution in [0.15, 0.2) is 55.1 Å². The first-order valence-corrected chi connectivity index (χ1v) is 10.2. The van der Waals surface area contributed by atoms with E-state index in [1.165, 1.54) is 17.2 Å². The van der Waals surface area contributed by atoms with E-state index in [-0.39, 0.29) is 0 Å². The van der Waals surface area contributed by atoms with E-state index in [0.717, 1.165) is 35.6 Å². The number of aliphatic hydroxyl groups excluding tert-OH is 1. The first-order chi connectivity index (χ1) is 14.6. The van der Waals surface area contributed by atoms with Gasteiger partial charge in [-0.25, -0.2) is 4.39 Å². The molecule has 0 saturated heterocycles. The lowest BCUT2D eigenvalue weighted by Gasteiger charge is -2.20. The van der Waals surface area contributed by atoms with Crippen molar-refractivity contribution in [3.63, 3.8) is 0 Å². The lowest BCUT2D eigenvalue weighted by Crippen LogP contribution is -2.00. The quantitative estimate of drug-likeness (QED) is 0.477. The second-order valence-corrected chi connectivity index (χ2v) is 7.42. The van der Waals surface area contributed by atoms with Gasteiger partial charge in [0, 0.05) is 12.5 Å². The molecule has 0 unspecified atom stereocenters. The summed E-state index contributed by atoms with van der Waals surface area (Å²) in [6.45, 7) is 11.5. The van der Waals surface area contributed by atoms with Crippen molar-refractivity contribution in [1.29, 1.82) is 0 Å². The Bertz CT molecular complexity index is 860. The summed E-state index contributed by atoms with van der Waals surface area (Å²) in [7, 11) is 1.73. The Balaban J connectivity index is 0.000000967. The number of hydrogen-bond acceptors (Lipinski definition) is 3. The van der Waals surface area contributed by atoms with Crippen molar-refractivity contribution in [2.24, 2.45) is 0 Å². The van der Waals surface area contributed by atoms with Gasteiger partial charge in [0.25, 0.3) is 5.97 Å². The molecule has 0 atom stereocenters. The van der Waals surface area contributed by atoms with Crippen molar-refractivity contribution in [1.82, 2.24) is 0 Å². The standard InChI is InChI=1S/C21H26O2.C3H5F.C2H4O2/c1-14(2)18-12-19(15(3)4)21(23-5)20(13-18)17-8-6-7-16(11-17)9-10-22;1-2-3-4;1-2(3)4/h6-15,22H,1-5H3;2-3H,1H3;1H3,(H,3,4)/b10-9-;3-2+;. The third-order valence-electron chi connectivity index (χ3n) is 4.22. The Hall–Kier alpha value is -3.08. The molecule has 0 spiro atoms. The molecule has 0 aromatic heterocycles. The van der Waals surface area contributed by atoms with Crippen molar-refractivity contribution >= 4 is 12.0 Å². The molecule has 2 rings (SSSR count). The second kappa shape index (κ2) is 14.8. The lowest BCUT2D eigenvalue weighted by molar-refractivity contribution is -0.134. The molecular formula is C26H35FO4. The number of ether oxygens (including phenoxy) is 1. The molecule has 2 N–H and O–H groups in total. The number of carboxylic acids is 1. The van der Waals surface area contributed by atoms with Gasteiger partial charge in [0.1, 0.15) is 5.75 Å². The van der Waals surface area contributed by atoms with Crippen LogP contribution in [-0.4, -0.2) is 23.3 Å². The van der Waals surface area contributed by atoms with Crippen LogP contribution in [0.1, 0.15) is 70.1 Å². The van der Waals surface area contributed by atoms with Gasteiger partial charge < -0.3 is 14.9 Å². The number of carbonyl (C=O) groups is 1. The monoisotopic (exact) mass is 430 g/mol. The molecule has 0 aliphatic heterocycles.